The topological polar surface area (TPSA) is 57.7 Å². The zero-order valence-electron chi connectivity index (χ0n) is 13.8. The Labute approximate surface area is 143 Å². The maximum atomic E-state index is 12.6. The van der Waals surface area contributed by atoms with Gasteiger partial charge in [-0.1, -0.05) is 30.3 Å². The van der Waals surface area contributed by atoms with Crippen molar-refractivity contribution in [3.63, 3.8) is 0 Å². The molecule has 0 N–H and O–H groups in total. The van der Waals surface area contributed by atoms with Crippen LogP contribution in [-0.4, -0.2) is 47.9 Å². The maximum Gasteiger partial charge on any atom is 0.223 e. The summed E-state index contributed by atoms with van der Waals surface area (Å²) in [6.45, 7) is 1.64. The highest BCUT2D eigenvalue weighted by atomic mass is 32.2. The molecule has 3 fully saturated rings. The second-order valence-corrected chi connectivity index (χ2v) is 9.50. The minimum atomic E-state index is -3.15. The number of benzene rings is 1. The normalized spacial score (nSPS) is 28.7. The summed E-state index contributed by atoms with van der Waals surface area (Å²) in [7, 11) is -3.15. The van der Waals surface area contributed by atoms with Crippen LogP contribution in [0.3, 0.4) is 0 Å². The Balaban J connectivity index is 1.57. The number of hydrogen-bond acceptors (Lipinski definition) is 3. The molecule has 0 spiro atoms. The Morgan fingerprint density at radius 3 is 2.50 bits per heavy atom. The molecule has 2 heterocycles. The lowest BCUT2D eigenvalue weighted by atomic mass is 9.98. The van der Waals surface area contributed by atoms with Crippen molar-refractivity contribution in [1.29, 1.82) is 0 Å². The lowest BCUT2D eigenvalue weighted by Gasteiger charge is -2.30. The second-order valence-electron chi connectivity index (χ2n) is 7.29. The summed E-state index contributed by atoms with van der Waals surface area (Å²) in [5.74, 6) is 0.436. The lowest BCUT2D eigenvalue weighted by Crippen LogP contribution is -2.43. The standard InChI is InChI=1S/C18H24N2O3S/c21-18-8-4-7-15-12-19(24(22,23)16-9-10-16)13-17(15)20(18)11-14-5-2-1-3-6-14/h1-3,5-6,15-17H,4,7-13H2/t15-,17+/m1/s1. The molecule has 5 nitrogen and oxygen atoms in total. The van der Waals surface area contributed by atoms with E-state index in [1.807, 2.05) is 35.2 Å². The van der Waals surface area contributed by atoms with E-state index in [2.05, 4.69) is 0 Å². The van der Waals surface area contributed by atoms with Gasteiger partial charge in [0, 0.05) is 32.1 Å². The van der Waals surface area contributed by atoms with Gasteiger partial charge in [-0.15, -0.1) is 0 Å². The third-order valence-corrected chi connectivity index (χ3v) is 7.89. The van der Waals surface area contributed by atoms with E-state index in [0.717, 1.165) is 31.2 Å². The summed E-state index contributed by atoms with van der Waals surface area (Å²) >= 11 is 0. The molecule has 1 amide bonds. The minimum Gasteiger partial charge on any atom is -0.334 e. The van der Waals surface area contributed by atoms with E-state index in [-0.39, 0.29) is 23.1 Å². The molecule has 3 aliphatic rings. The predicted molar refractivity (Wildman–Crippen MR) is 91.6 cm³/mol. The van der Waals surface area contributed by atoms with Crippen molar-refractivity contribution in [2.24, 2.45) is 5.92 Å². The molecule has 0 unspecified atom stereocenters. The van der Waals surface area contributed by atoms with Gasteiger partial charge in [-0.2, -0.15) is 4.31 Å². The highest BCUT2D eigenvalue weighted by molar-refractivity contribution is 7.90. The van der Waals surface area contributed by atoms with E-state index in [4.69, 9.17) is 0 Å². The van der Waals surface area contributed by atoms with Gasteiger partial charge >= 0.3 is 0 Å². The number of likely N-dealkylation sites (tertiary alicyclic amines) is 1. The molecule has 1 aromatic carbocycles. The quantitative estimate of drug-likeness (QED) is 0.836. The number of sulfonamides is 1. The number of fused-ring (bicyclic) bond motifs is 1. The molecule has 4 rings (SSSR count). The maximum absolute atomic E-state index is 12.6. The van der Waals surface area contributed by atoms with Gasteiger partial charge in [0.1, 0.15) is 0 Å². The Bertz CT molecular complexity index is 715. The number of carbonyl (C=O) groups is 1. The van der Waals surface area contributed by atoms with Gasteiger partial charge in [-0.25, -0.2) is 8.42 Å². The summed E-state index contributed by atoms with van der Waals surface area (Å²) in [5.41, 5.74) is 1.11. The zero-order valence-corrected chi connectivity index (χ0v) is 14.6. The lowest BCUT2D eigenvalue weighted by molar-refractivity contribution is -0.133. The van der Waals surface area contributed by atoms with Crippen LogP contribution < -0.4 is 0 Å². The molecule has 2 aliphatic heterocycles. The molecule has 1 aromatic rings. The number of nitrogens with zero attached hydrogens (tertiary/aromatic N) is 2. The van der Waals surface area contributed by atoms with Gasteiger partial charge in [-0.05, 0) is 37.2 Å². The Morgan fingerprint density at radius 1 is 1.04 bits per heavy atom. The molecular weight excluding hydrogens is 324 g/mol. The number of rotatable bonds is 4. The molecule has 6 heteroatoms. The third kappa shape index (κ3) is 2.97. The SMILES string of the molecule is O=C1CCC[C@@H]2CN(S(=O)(=O)C3CC3)C[C@@H]2N1Cc1ccccc1. The summed E-state index contributed by atoms with van der Waals surface area (Å²) in [5, 5.41) is -0.168. The summed E-state index contributed by atoms with van der Waals surface area (Å²) in [4.78, 5) is 14.6. The average Bonchev–Trinajstić information content (AvgIpc) is 3.36. The molecule has 130 valence electrons. The largest absolute Gasteiger partial charge is 0.334 e. The molecule has 0 radical (unpaired) electrons. The molecule has 2 atom stereocenters. The first-order valence-corrected chi connectivity index (χ1v) is 10.4. The van der Waals surface area contributed by atoms with Gasteiger partial charge in [0.15, 0.2) is 0 Å². The van der Waals surface area contributed by atoms with Crippen LogP contribution in [0.25, 0.3) is 0 Å². The van der Waals surface area contributed by atoms with E-state index >= 15 is 0 Å². The van der Waals surface area contributed by atoms with Gasteiger partial charge in [-0.3, -0.25) is 4.79 Å². The van der Waals surface area contributed by atoms with Crippen LogP contribution in [-0.2, 0) is 21.4 Å². The predicted octanol–water partition coefficient (Wildman–Crippen LogP) is 1.99. The molecule has 1 saturated carbocycles. The summed E-state index contributed by atoms with van der Waals surface area (Å²) < 4.78 is 26.9. The highest BCUT2D eigenvalue weighted by Gasteiger charge is 2.48. The summed E-state index contributed by atoms with van der Waals surface area (Å²) in [6, 6.07) is 10.0. The summed E-state index contributed by atoms with van der Waals surface area (Å²) in [6.07, 6.45) is 3.97. The van der Waals surface area contributed by atoms with Gasteiger partial charge < -0.3 is 4.90 Å². The van der Waals surface area contributed by atoms with E-state index in [0.29, 0.717) is 26.1 Å². The van der Waals surface area contributed by atoms with Crippen LogP contribution in [0.5, 0.6) is 0 Å². The first kappa shape index (κ1) is 16.1. The van der Waals surface area contributed by atoms with E-state index < -0.39 is 10.0 Å². The van der Waals surface area contributed by atoms with Crippen LogP contribution in [0.2, 0.25) is 0 Å². The van der Waals surface area contributed by atoms with Gasteiger partial charge in [0.2, 0.25) is 15.9 Å². The van der Waals surface area contributed by atoms with Crippen LogP contribution in [0.15, 0.2) is 30.3 Å². The molecule has 0 aromatic heterocycles. The fraction of sp³-hybridized carbons (Fsp3) is 0.611. The Morgan fingerprint density at radius 2 is 1.79 bits per heavy atom. The van der Waals surface area contributed by atoms with Crippen molar-refractivity contribution in [2.75, 3.05) is 13.1 Å². The van der Waals surface area contributed by atoms with Crippen LogP contribution >= 0.6 is 0 Å². The van der Waals surface area contributed by atoms with Crippen molar-refractivity contribution in [3.05, 3.63) is 35.9 Å². The van der Waals surface area contributed by atoms with Crippen LogP contribution in [0, 0.1) is 5.92 Å². The first-order valence-electron chi connectivity index (χ1n) is 8.88. The molecular formula is C18H24N2O3S. The number of carbonyl (C=O) groups excluding carboxylic acids is 1. The third-order valence-electron chi connectivity index (χ3n) is 5.56. The Kier molecular flexibility index (Phi) is 4.12. The van der Waals surface area contributed by atoms with Crippen molar-refractivity contribution in [1.82, 2.24) is 9.21 Å². The first-order chi connectivity index (χ1) is 11.6. The average molecular weight is 348 g/mol. The van der Waals surface area contributed by atoms with E-state index in [1.165, 1.54) is 0 Å². The molecule has 0 bridgehead atoms. The second kappa shape index (κ2) is 6.15. The van der Waals surface area contributed by atoms with Crippen LogP contribution in [0.1, 0.15) is 37.7 Å². The molecule has 1 aliphatic carbocycles. The molecule has 24 heavy (non-hydrogen) atoms. The zero-order chi connectivity index (χ0) is 16.7. The fourth-order valence-electron chi connectivity index (χ4n) is 4.07. The van der Waals surface area contributed by atoms with Crippen molar-refractivity contribution in [3.8, 4) is 0 Å². The fourth-order valence-corrected chi connectivity index (χ4v) is 5.98. The Hall–Kier alpha value is -1.40. The van der Waals surface area contributed by atoms with Gasteiger partial charge in [0.05, 0.1) is 5.25 Å². The number of hydrogen-bond donors (Lipinski definition) is 0. The van der Waals surface area contributed by atoms with E-state index in [9.17, 15) is 13.2 Å². The van der Waals surface area contributed by atoms with Gasteiger partial charge in [0.25, 0.3) is 0 Å². The van der Waals surface area contributed by atoms with E-state index in [1.54, 1.807) is 4.31 Å². The van der Waals surface area contributed by atoms with Crippen molar-refractivity contribution >= 4 is 15.9 Å². The molecule has 2 saturated heterocycles. The smallest absolute Gasteiger partial charge is 0.223 e. The van der Waals surface area contributed by atoms with Crippen molar-refractivity contribution in [2.45, 2.75) is 49.9 Å². The van der Waals surface area contributed by atoms with Crippen molar-refractivity contribution < 1.29 is 13.2 Å². The minimum absolute atomic E-state index is 0.0220. The monoisotopic (exact) mass is 348 g/mol. The highest BCUT2D eigenvalue weighted by Crippen LogP contribution is 2.37. The number of amides is 1. The van der Waals surface area contributed by atoms with Crippen LogP contribution in [0.4, 0.5) is 0 Å².